The zero-order valence-electron chi connectivity index (χ0n) is 38.9. The zero-order valence-corrected chi connectivity index (χ0v) is 44.4. The SMILES string of the molecule is COc1c(C(C)(C)C)cc2c(c1-c1ccc(C(C)(C)C)cc1)C=C(C)[CH]2[Zr]([CH3])([CH3])(=[SiH2])[CH]1C(C)=Cc2c1cc(C(C)(C)C)c(OC)c2-c1ccc(C(C)(C)C)cc1.Cl.Cl. The molecule has 58 heavy (non-hydrogen) atoms. The number of fused-ring (bicyclic) bond motifs is 2. The smallest absolute Gasteiger partial charge is 0.147 e. The molecule has 0 N–H and O–H groups in total. The van der Waals surface area contributed by atoms with Gasteiger partial charge in [-0.2, -0.15) is 0 Å². The Bertz CT molecular complexity index is 2190. The Kier molecular flexibility index (Phi) is 13.2. The number of allylic oxidation sites excluding steroid dienone is 2. The van der Waals surface area contributed by atoms with Crippen molar-refractivity contribution in [3.8, 4) is 33.8 Å². The minimum Gasteiger partial charge on any atom is -0.147 e. The van der Waals surface area contributed by atoms with Gasteiger partial charge in [-0.1, -0.05) is 0 Å². The van der Waals surface area contributed by atoms with Gasteiger partial charge in [0.2, 0.25) is 0 Å². The first-order chi connectivity index (χ1) is 25.6. The monoisotopic (exact) mass is 916 g/mol. The second kappa shape index (κ2) is 15.8. The molecule has 6 rings (SSSR count). The fraction of sp³-hybridized carbons (Fsp3) is 0.462. The topological polar surface area (TPSA) is 18.5 Å². The van der Waals surface area contributed by atoms with Gasteiger partial charge in [0.15, 0.2) is 0 Å². The van der Waals surface area contributed by atoms with Gasteiger partial charge in [0, 0.05) is 0 Å². The molecule has 2 unspecified atom stereocenters. The molecule has 314 valence electrons. The van der Waals surface area contributed by atoms with Crippen molar-refractivity contribution in [1.82, 2.24) is 0 Å². The van der Waals surface area contributed by atoms with Gasteiger partial charge in [-0.3, -0.25) is 0 Å². The number of hydrogen-bond donors (Lipinski definition) is 0. The van der Waals surface area contributed by atoms with Gasteiger partial charge in [0.25, 0.3) is 0 Å². The minimum absolute atomic E-state index is 0. The van der Waals surface area contributed by atoms with Crippen LogP contribution < -0.4 is 9.47 Å². The minimum atomic E-state index is -3.97. The van der Waals surface area contributed by atoms with Crippen LogP contribution in [0.1, 0.15) is 149 Å². The summed E-state index contributed by atoms with van der Waals surface area (Å²) in [5.74, 6) is 2.02. The number of methoxy groups -OCH3 is 2. The average molecular weight is 919 g/mol. The summed E-state index contributed by atoms with van der Waals surface area (Å²) >= 11 is -3.97. The third kappa shape index (κ3) is 8.32. The number of benzene rings is 4. The zero-order chi connectivity index (χ0) is 41.7. The van der Waals surface area contributed by atoms with E-state index in [4.69, 9.17) is 9.47 Å². The van der Waals surface area contributed by atoms with Crippen LogP contribution in [-0.4, -0.2) is 21.1 Å². The number of ether oxygens (including phenoxy) is 2. The Morgan fingerprint density at radius 3 is 1.03 bits per heavy atom. The maximum Gasteiger partial charge on any atom is -0.147 e. The summed E-state index contributed by atoms with van der Waals surface area (Å²) in [7, 11) is 3.72. The summed E-state index contributed by atoms with van der Waals surface area (Å²) in [6.45, 7) is 35.0. The van der Waals surface area contributed by atoms with Gasteiger partial charge in [0.05, 0.1) is 0 Å². The van der Waals surface area contributed by atoms with Crippen molar-refractivity contribution in [3.05, 3.63) is 116 Å². The van der Waals surface area contributed by atoms with E-state index in [1.165, 1.54) is 77.9 Å². The van der Waals surface area contributed by atoms with Crippen molar-refractivity contribution in [1.29, 1.82) is 0 Å². The maximum atomic E-state index is 6.44. The Labute approximate surface area is 367 Å². The van der Waals surface area contributed by atoms with E-state index < -0.39 is 17.4 Å². The molecular weight excluding hydrogens is 847 g/mol. The molecule has 0 bridgehead atoms. The summed E-state index contributed by atoms with van der Waals surface area (Å²) in [6.07, 6.45) is 5.06. The van der Waals surface area contributed by atoms with E-state index in [0.717, 1.165) is 11.5 Å². The first-order valence-electron chi connectivity index (χ1n) is 20.8. The predicted molar refractivity (Wildman–Crippen MR) is 259 cm³/mol. The molecule has 0 spiro atoms. The molecule has 0 aromatic heterocycles. The number of halogens is 2. The maximum absolute atomic E-state index is 6.44. The normalized spacial score (nSPS) is 17.1. The molecular formula is C52H72Cl2O2SiZr. The second-order valence-corrected chi connectivity index (χ2v) is 52.9. The molecule has 2 atom stereocenters. The first-order valence-corrected chi connectivity index (χ1v) is 34.4. The van der Waals surface area contributed by atoms with Crippen LogP contribution in [0.4, 0.5) is 0 Å². The summed E-state index contributed by atoms with van der Waals surface area (Å²) < 4.78 is 19.1. The molecule has 2 aliphatic rings. The first kappa shape index (κ1) is 48.3. The van der Waals surface area contributed by atoms with Gasteiger partial charge < -0.3 is 0 Å². The third-order valence-corrected chi connectivity index (χ3v) is 30.9. The van der Waals surface area contributed by atoms with E-state index in [-0.39, 0.29) is 46.5 Å². The van der Waals surface area contributed by atoms with E-state index in [1.807, 2.05) is 14.2 Å². The van der Waals surface area contributed by atoms with Gasteiger partial charge in [-0.15, -0.1) is 24.8 Å². The summed E-state index contributed by atoms with van der Waals surface area (Å²) in [5.41, 5.74) is 18.9. The molecule has 4 aromatic rings. The van der Waals surface area contributed by atoms with Crippen molar-refractivity contribution in [2.75, 3.05) is 14.2 Å². The van der Waals surface area contributed by atoms with Crippen molar-refractivity contribution < 1.29 is 26.9 Å². The standard InChI is InChI=1S/2C25H31O.2CH3.2ClH.H2Si.Zr/c2*1-16-13-18-15-21(25(5,6)7)23(26-8)22(20(18)14-16)17-9-11-19(12-10-17)24(2,3)4;;;;;;/h2*9-15H,1-8H3;2*1H3;2*1H;1H2;. The van der Waals surface area contributed by atoms with E-state index in [0.29, 0.717) is 7.25 Å². The Morgan fingerprint density at radius 2 is 0.793 bits per heavy atom. The van der Waals surface area contributed by atoms with Crippen molar-refractivity contribution in [2.45, 2.75) is 135 Å². The molecule has 4 aromatic carbocycles. The molecule has 0 fully saturated rings. The summed E-state index contributed by atoms with van der Waals surface area (Å²) in [6, 6.07) is 23.7. The van der Waals surface area contributed by atoms with Crippen LogP contribution in [0.3, 0.4) is 0 Å². The van der Waals surface area contributed by atoms with Gasteiger partial charge >= 0.3 is 345 Å². The van der Waals surface area contributed by atoms with Crippen LogP contribution in [0.15, 0.2) is 71.8 Å². The molecule has 0 radical (unpaired) electrons. The molecule has 0 saturated heterocycles. The molecule has 6 heteroatoms. The van der Waals surface area contributed by atoms with E-state index >= 15 is 0 Å². The van der Waals surface area contributed by atoms with E-state index in [9.17, 15) is 0 Å². The fourth-order valence-electron chi connectivity index (χ4n) is 10.4. The van der Waals surface area contributed by atoms with Crippen LogP contribution in [0.2, 0.25) is 9.26 Å². The molecule has 0 heterocycles. The van der Waals surface area contributed by atoms with Crippen LogP contribution >= 0.6 is 24.8 Å². The van der Waals surface area contributed by atoms with Crippen molar-refractivity contribution >= 4 is 43.8 Å². The summed E-state index contributed by atoms with van der Waals surface area (Å²) in [5, 5.41) is 0. The number of rotatable bonds is 6. The second-order valence-electron chi connectivity index (χ2n) is 22.4. The number of hydrogen-bond acceptors (Lipinski definition) is 2. The van der Waals surface area contributed by atoms with Gasteiger partial charge in [-0.05, 0) is 0 Å². The Morgan fingerprint density at radius 1 is 0.500 bits per heavy atom. The fourth-order valence-corrected chi connectivity index (χ4v) is 31.6. The molecule has 0 amide bonds. The van der Waals surface area contributed by atoms with Gasteiger partial charge in [-0.25, -0.2) is 0 Å². The van der Waals surface area contributed by atoms with Gasteiger partial charge in [0.1, 0.15) is 0 Å². The molecule has 2 aliphatic carbocycles. The van der Waals surface area contributed by atoms with Crippen LogP contribution in [-0.2, 0) is 39.1 Å². The Hall–Kier alpha value is -2.36. The van der Waals surface area contributed by atoms with Crippen molar-refractivity contribution in [3.63, 3.8) is 0 Å². The third-order valence-electron chi connectivity index (χ3n) is 13.0. The van der Waals surface area contributed by atoms with Crippen molar-refractivity contribution in [2.24, 2.45) is 0 Å². The van der Waals surface area contributed by atoms with Crippen LogP contribution in [0, 0.1) is 0 Å². The molecule has 0 saturated carbocycles. The summed E-state index contributed by atoms with van der Waals surface area (Å²) in [4.78, 5) is 0. The van der Waals surface area contributed by atoms with E-state index in [1.54, 1.807) is 0 Å². The molecule has 2 nitrogen and oxygen atoms in total. The van der Waals surface area contributed by atoms with Crippen LogP contribution in [0.25, 0.3) is 34.4 Å². The average Bonchev–Trinajstić information content (AvgIpc) is 3.61. The largest absolute Gasteiger partial charge is 0.147 e. The van der Waals surface area contributed by atoms with E-state index in [2.05, 4.69) is 186 Å². The molecule has 0 aliphatic heterocycles. The predicted octanol–water partition coefficient (Wildman–Crippen LogP) is 15.0. The quantitative estimate of drug-likeness (QED) is 0.179. The van der Waals surface area contributed by atoms with Crippen LogP contribution in [0.5, 0.6) is 11.5 Å². The Balaban J connectivity index is 0.00000372.